The Morgan fingerprint density at radius 2 is 1.96 bits per heavy atom. The number of carboxylic acid groups (broad SMARTS) is 1. The summed E-state index contributed by atoms with van der Waals surface area (Å²) in [5.41, 5.74) is 1.30. The topological polar surface area (TPSA) is 90.2 Å². The van der Waals surface area contributed by atoms with E-state index >= 15 is 0 Å². The Hall–Kier alpha value is -2.84. The molecule has 0 saturated carbocycles. The van der Waals surface area contributed by atoms with Gasteiger partial charge in [-0.05, 0) is 29.8 Å². The molecule has 0 saturated heterocycles. The summed E-state index contributed by atoms with van der Waals surface area (Å²) in [6.07, 6.45) is 0.0705. The normalized spacial score (nSPS) is 11.3. The Morgan fingerprint density at radius 3 is 2.61 bits per heavy atom. The van der Waals surface area contributed by atoms with E-state index in [0.29, 0.717) is 11.1 Å². The molecular formula is C17H13ClN2O3. The van der Waals surface area contributed by atoms with E-state index in [9.17, 15) is 14.7 Å². The maximum absolute atomic E-state index is 12.2. The SMILES string of the molecule is N#Cc1cccc(C[C@H](NC(=O)c2ccccc2Cl)C(=O)O)c1. The molecule has 0 unspecified atom stereocenters. The number of nitriles is 1. The molecular weight excluding hydrogens is 316 g/mol. The van der Waals surface area contributed by atoms with E-state index in [1.807, 2.05) is 6.07 Å². The molecule has 116 valence electrons. The van der Waals surface area contributed by atoms with Gasteiger partial charge in [0.2, 0.25) is 0 Å². The van der Waals surface area contributed by atoms with Crippen molar-refractivity contribution in [2.45, 2.75) is 12.5 Å². The molecule has 2 rings (SSSR count). The molecule has 0 fully saturated rings. The van der Waals surface area contributed by atoms with Crippen molar-refractivity contribution in [3.8, 4) is 6.07 Å². The summed E-state index contributed by atoms with van der Waals surface area (Å²) in [6.45, 7) is 0. The van der Waals surface area contributed by atoms with E-state index in [4.69, 9.17) is 16.9 Å². The lowest BCUT2D eigenvalue weighted by molar-refractivity contribution is -0.139. The Balaban J connectivity index is 2.16. The number of halogens is 1. The summed E-state index contributed by atoms with van der Waals surface area (Å²) in [4.78, 5) is 23.6. The van der Waals surface area contributed by atoms with E-state index < -0.39 is 17.9 Å². The fourth-order valence-corrected chi connectivity index (χ4v) is 2.31. The number of hydrogen-bond donors (Lipinski definition) is 2. The minimum atomic E-state index is -1.16. The maximum atomic E-state index is 12.2. The zero-order valence-electron chi connectivity index (χ0n) is 12.0. The third-order valence-electron chi connectivity index (χ3n) is 3.22. The fourth-order valence-electron chi connectivity index (χ4n) is 2.08. The molecule has 2 aromatic rings. The molecule has 1 amide bonds. The smallest absolute Gasteiger partial charge is 0.326 e. The predicted molar refractivity (Wildman–Crippen MR) is 85.2 cm³/mol. The van der Waals surface area contributed by atoms with Crippen molar-refractivity contribution >= 4 is 23.5 Å². The Kier molecular flexibility index (Phi) is 5.34. The van der Waals surface area contributed by atoms with Gasteiger partial charge in [-0.25, -0.2) is 4.79 Å². The number of aliphatic carboxylic acids is 1. The summed E-state index contributed by atoms with van der Waals surface area (Å²) in [6, 6.07) is 13.9. The van der Waals surface area contributed by atoms with E-state index in [-0.39, 0.29) is 17.0 Å². The van der Waals surface area contributed by atoms with Gasteiger partial charge < -0.3 is 10.4 Å². The highest BCUT2D eigenvalue weighted by Gasteiger charge is 2.22. The second kappa shape index (κ2) is 7.43. The van der Waals surface area contributed by atoms with Crippen molar-refractivity contribution in [2.75, 3.05) is 0 Å². The first kappa shape index (κ1) is 16.5. The number of carbonyl (C=O) groups excluding carboxylic acids is 1. The quantitative estimate of drug-likeness (QED) is 0.882. The summed E-state index contributed by atoms with van der Waals surface area (Å²) >= 11 is 5.94. The van der Waals surface area contributed by atoms with Crippen molar-refractivity contribution in [3.63, 3.8) is 0 Å². The molecule has 6 heteroatoms. The number of rotatable bonds is 5. The van der Waals surface area contributed by atoms with Crippen molar-refractivity contribution in [1.29, 1.82) is 5.26 Å². The monoisotopic (exact) mass is 328 g/mol. The van der Waals surface area contributed by atoms with Crippen LogP contribution in [0.25, 0.3) is 0 Å². The molecule has 0 aliphatic rings. The highest BCUT2D eigenvalue weighted by Crippen LogP contribution is 2.15. The number of carbonyl (C=O) groups is 2. The van der Waals surface area contributed by atoms with Crippen LogP contribution in [0, 0.1) is 11.3 Å². The van der Waals surface area contributed by atoms with E-state index in [2.05, 4.69) is 5.32 Å². The highest BCUT2D eigenvalue weighted by molar-refractivity contribution is 6.33. The zero-order chi connectivity index (χ0) is 16.8. The van der Waals surface area contributed by atoms with Crippen LogP contribution in [0.5, 0.6) is 0 Å². The second-order valence-electron chi connectivity index (χ2n) is 4.86. The zero-order valence-corrected chi connectivity index (χ0v) is 12.7. The van der Waals surface area contributed by atoms with Crippen LogP contribution in [0.15, 0.2) is 48.5 Å². The molecule has 0 radical (unpaired) electrons. The van der Waals surface area contributed by atoms with E-state index in [0.717, 1.165) is 0 Å². The number of benzene rings is 2. The fraction of sp³-hybridized carbons (Fsp3) is 0.118. The molecule has 0 aromatic heterocycles. The van der Waals surface area contributed by atoms with Crippen LogP contribution in [-0.2, 0) is 11.2 Å². The molecule has 2 aromatic carbocycles. The molecule has 0 spiro atoms. The van der Waals surface area contributed by atoms with Crippen molar-refractivity contribution in [3.05, 3.63) is 70.2 Å². The predicted octanol–water partition coefficient (Wildman–Crippen LogP) is 2.64. The average molecular weight is 329 g/mol. The van der Waals surface area contributed by atoms with Crippen LogP contribution >= 0.6 is 11.6 Å². The van der Waals surface area contributed by atoms with Gasteiger partial charge in [-0.15, -0.1) is 0 Å². The van der Waals surface area contributed by atoms with Crippen LogP contribution in [0.4, 0.5) is 0 Å². The van der Waals surface area contributed by atoms with Gasteiger partial charge >= 0.3 is 5.97 Å². The Bertz CT molecular complexity index is 783. The van der Waals surface area contributed by atoms with Crippen molar-refractivity contribution < 1.29 is 14.7 Å². The molecule has 5 nitrogen and oxygen atoms in total. The van der Waals surface area contributed by atoms with Gasteiger partial charge in [-0.3, -0.25) is 4.79 Å². The van der Waals surface area contributed by atoms with Gasteiger partial charge in [-0.2, -0.15) is 5.26 Å². The van der Waals surface area contributed by atoms with Crippen LogP contribution in [-0.4, -0.2) is 23.0 Å². The van der Waals surface area contributed by atoms with Crippen molar-refractivity contribution in [2.24, 2.45) is 0 Å². The van der Waals surface area contributed by atoms with Gasteiger partial charge in [0.25, 0.3) is 5.91 Å². The van der Waals surface area contributed by atoms with E-state index in [1.165, 1.54) is 6.07 Å². The van der Waals surface area contributed by atoms with Crippen LogP contribution in [0.2, 0.25) is 5.02 Å². The molecule has 0 heterocycles. The van der Waals surface area contributed by atoms with Crippen LogP contribution in [0.1, 0.15) is 21.5 Å². The average Bonchev–Trinajstić information content (AvgIpc) is 2.54. The van der Waals surface area contributed by atoms with Gasteiger partial charge in [-0.1, -0.05) is 35.9 Å². The molecule has 1 atom stereocenters. The third-order valence-corrected chi connectivity index (χ3v) is 3.55. The van der Waals surface area contributed by atoms with Crippen LogP contribution in [0.3, 0.4) is 0 Å². The van der Waals surface area contributed by atoms with Crippen LogP contribution < -0.4 is 5.32 Å². The van der Waals surface area contributed by atoms with E-state index in [1.54, 1.807) is 42.5 Å². The van der Waals surface area contributed by atoms with Gasteiger partial charge in [0.15, 0.2) is 0 Å². The minimum Gasteiger partial charge on any atom is -0.480 e. The van der Waals surface area contributed by atoms with Gasteiger partial charge in [0.05, 0.1) is 22.2 Å². The molecule has 0 aliphatic heterocycles. The van der Waals surface area contributed by atoms with Gasteiger partial charge in [0.1, 0.15) is 6.04 Å². The first-order valence-corrected chi connectivity index (χ1v) is 7.16. The second-order valence-corrected chi connectivity index (χ2v) is 5.27. The standard InChI is InChI=1S/C17H13ClN2O3/c18-14-7-2-1-6-13(14)16(21)20-15(17(22)23)9-11-4-3-5-12(8-11)10-19/h1-8,15H,9H2,(H,20,21)(H,22,23)/t15-/m0/s1. The lowest BCUT2D eigenvalue weighted by atomic mass is 10.0. The van der Waals surface area contributed by atoms with Crippen molar-refractivity contribution in [1.82, 2.24) is 5.32 Å². The lowest BCUT2D eigenvalue weighted by Crippen LogP contribution is -2.42. The van der Waals surface area contributed by atoms with Gasteiger partial charge in [0, 0.05) is 6.42 Å². The summed E-state index contributed by atoms with van der Waals surface area (Å²) in [5.74, 6) is -1.72. The maximum Gasteiger partial charge on any atom is 0.326 e. The number of nitrogens with zero attached hydrogens (tertiary/aromatic N) is 1. The highest BCUT2D eigenvalue weighted by atomic mass is 35.5. The summed E-state index contributed by atoms with van der Waals surface area (Å²) in [5, 5.41) is 20.9. The Labute approximate surface area is 138 Å². The number of nitrogens with one attached hydrogen (secondary N) is 1. The molecule has 2 N–H and O–H groups in total. The number of hydrogen-bond acceptors (Lipinski definition) is 3. The molecule has 23 heavy (non-hydrogen) atoms. The largest absolute Gasteiger partial charge is 0.480 e. The summed E-state index contributed by atoms with van der Waals surface area (Å²) < 4.78 is 0. The number of carboxylic acids is 1. The lowest BCUT2D eigenvalue weighted by Gasteiger charge is -2.15. The Morgan fingerprint density at radius 1 is 1.22 bits per heavy atom. The first-order chi connectivity index (χ1) is 11.0. The molecule has 0 aliphatic carbocycles. The molecule has 0 bridgehead atoms. The minimum absolute atomic E-state index is 0.0705. The first-order valence-electron chi connectivity index (χ1n) is 6.78. The summed E-state index contributed by atoms with van der Waals surface area (Å²) in [7, 11) is 0. The third kappa shape index (κ3) is 4.31. The number of amides is 1.